The molecule has 0 N–H and O–H groups in total. The molecule has 0 heterocycles. The lowest BCUT2D eigenvalue weighted by Gasteiger charge is -2.12. The molecule has 4 aromatic rings. The summed E-state index contributed by atoms with van der Waals surface area (Å²) < 4.78 is 14.3. The third kappa shape index (κ3) is 6.20. The quantitative estimate of drug-likeness (QED) is 0.246. The molecule has 0 unspecified atom stereocenters. The Morgan fingerprint density at radius 2 is 1.21 bits per heavy atom. The maximum atomic E-state index is 14.3. The van der Waals surface area contributed by atoms with Crippen molar-refractivity contribution in [3.05, 3.63) is 131 Å². The molecule has 0 bridgehead atoms. The summed E-state index contributed by atoms with van der Waals surface area (Å²) in [6.07, 6.45) is 4.84. The third-order valence-electron chi connectivity index (χ3n) is 6.50. The Bertz CT molecular complexity index is 1140. The molecule has 0 radical (unpaired) electrons. The van der Waals surface area contributed by atoms with Gasteiger partial charge in [-0.15, -0.1) is 0 Å². The Morgan fingerprint density at radius 3 is 1.82 bits per heavy atom. The highest BCUT2D eigenvalue weighted by Gasteiger charge is 2.07. The minimum Gasteiger partial charge on any atom is -0.207 e. The molecule has 0 fully saturated rings. The van der Waals surface area contributed by atoms with Gasteiger partial charge >= 0.3 is 0 Å². The van der Waals surface area contributed by atoms with Gasteiger partial charge in [-0.25, -0.2) is 4.39 Å². The smallest absolute Gasteiger partial charge is 0.127 e. The highest BCUT2D eigenvalue weighted by Crippen LogP contribution is 2.24. The van der Waals surface area contributed by atoms with Crippen molar-refractivity contribution < 1.29 is 4.39 Å². The van der Waals surface area contributed by atoms with E-state index in [1.165, 1.54) is 22.3 Å². The van der Waals surface area contributed by atoms with Crippen molar-refractivity contribution in [2.24, 2.45) is 0 Å². The number of rotatable bonds is 9. The van der Waals surface area contributed by atoms with Crippen molar-refractivity contribution in [3.63, 3.8) is 0 Å². The lowest BCUT2D eigenvalue weighted by atomic mass is 9.93. The maximum absolute atomic E-state index is 14.3. The Morgan fingerprint density at radius 1 is 0.636 bits per heavy atom. The van der Waals surface area contributed by atoms with Gasteiger partial charge in [0, 0.05) is 0 Å². The SMILES string of the molecule is CCCc1ccc(-c2ccc(CCc3ccc(C[C@H](C)c4ccccc4)cc3)cc2)cc1F. The molecule has 0 aromatic heterocycles. The van der Waals surface area contributed by atoms with Crippen LogP contribution in [-0.4, -0.2) is 0 Å². The van der Waals surface area contributed by atoms with Crippen LogP contribution in [0, 0.1) is 5.82 Å². The highest BCUT2D eigenvalue weighted by atomic mass is 19.1. The van der Waals surface area contributed by atoms with Gasteiger partial charge in [0.1, 0.15) is 5.82 Å². The van der Waals surface area contributed by atoms with Gasteiger partial charge in [0.15, 0.2) is 0 Å². The fourth-order valence-corrected chi connectivity index (χ4v) is 4.45. The Labute approximate surface area is 198 Å². The van der Waals surface area contributed by atoms with E-state index < -0.39 is 0 Å². The summed E-state index contributed by atoms with van der Waals surface area (Å²) in [5, 5.41) is 0. The summed E-state index contributed by atoms with van der Waals surface area (Å²) in [5.74, 6) is 0.423. The topological polar surface area (TPSA) is 0 Å². The molecule has 0 saturated carbocycles. The second-order valence-electron chi connectivity index (χ2n) is 9.09. The monoisotopic (exact) mass is 436 g/mol. The molecular formula is C32H33F. The number of hydrogen-bond acceptors (Lipinski definition) is 0. The third-order valence-corrected chi connectivity index (χ3v) is 6.50. The number of aryl methyl sites for hydroxylation is 3. The minimum atomic E-state index is -0.0972. The van der Waals surface area contributed by atoms with Gasteiger partial charge in [-0.3, -0.25) is 0 Å². The van der Waals surface area contributed by atoms with E-state index in [4.69, 9.17) is 0 Å². The van der Waals surface area contributed by atoms with Gasteiger partial charge in [-0.05, 0) is 76.6 Å². The fourth-order valence-electron chi connectivity index (χ4n) is 4.45. The first-order chi connectivity index (χ1) is 16.1. The summed E-state index contributed by atoms with van der Waals surface area (Å²) >= 11 is 0. The summed E-state index contributed by atoms with van der Waals surface area (Å²) in [7, 11) is 0. The van der Waals surface area contributed by atoms with Gasteiger partial charge < -0.3 is 0 Å². The van der Waals surface area contributed by atoms with Crippen molar-refractivity contribution in [2.75, 3.05) is 0 Å². The van der Waals surface area contributed by atoms with Gasteiger partial charge in [0.25, 0.3) is 0 Å². The first-order valence-corrected chi connectivity index (χ1v) is 12.1. The van der Waals surface area contributed by atoms with Crippen LogP contribution in [0.5, 0.6) is 0 Å². The van der Waals surface area contributed by atoms with E-state index in [0.717, 1.165) is 48.8 Å². The zero-order valence-electron chi connectivity index (χ0n) is 19.7. The van der Waals surface area contributed by atoms with Crippen molar-refractivity contribution in [1.82, 2.24) is 0 Å². The fraction of sp³-hybridized carbons (Fsp3) is 0.250. The molecule has 0 aliphatic heterocycles. The molecule has 1 atom stereocenters. The number of hydrogen-bond donors (Lipinski definition) is 0. The molecule has 0 amide bonds. The molecule has 33 heavy (non-hydrogen) atoms. The molecular weight excluding hydrogens is 403 g/mol. The van der Waals surface area contributed by atoms with Gasteiger partial charge in [0.05, 0.1) is 0 Å². The normalized spacial score (nSPS) is 12.0. The Hall–Kier alpha value is -3.19. The van der Waals surface area contributed by atoms with E-state index in [1.807, 2.05) is 12.1 Å². The van der Waals surface area contributed by atoms with Crippen molar-refractivity contribution in [3.8, 4) is 11.1 Å². The largest absolute Gasteiger partial charge is 0.207 e. The van der Waals surface area contributed by atoms with Gasteiger partial charge in [-0.1, -0.05) is 111 Å². The predicted octanol–water partition coefficient (Wildman–Crippen LogP) is 8.58. The van der Waals surface area contributed by atoms with Crippen LogP contribution in [0.2, 0.25) is 0 Å². The summed E-state index contributed by atoms with van der Waals surface area (Å²) in [6.45, 7) is 4.37. The van der Waals surface area contributed by atoms with Crippen LogP contribution < -0.4 is 0 Å². The van der Waals surface area contributed by atoms with Gasteiger partial charge in [0.2, 0.25) is 0 Å². The lowest BCUT2D eigenvalue weighted by molar-refractivity contribution is 0.608. The lowest BCUT2D eigenvalue weighted by Crippen LogP contribution is -1.99. The molecule has 0 nitrogen and oxygen atoms in total. The first-order valence-electron chi connectivity index (χ1n) is 12.1. The van der Waals surface area contributed by atoms with E-state index in [0.29, 0.717) is 5.92 Å². The first kappa shape index (κ1) is 23.0. The second-order valence-corrected chi connectivity index (χ2v) is 9.09. The minimum absolute atomic E-state index is 0.0972. The van der Waals surface area contributed by atoms with E-state index >= 15 is 0 Å². The average Bonchev–Trinajstić information content (AvgIpc) is 2.86. The molecule has 4 rings (SSSR count). The molecule has 168 valence electrons. The molecule has 0 saturated heterocycles. The summed E-state index contributed by atoms with van der Waals surface area (Å²) in [6, 6.07) is 34.0. The Kier molecular flexibility index (Phi) is 7.73. The standard InChI is InChI=1S/C32H33F/c1-3-7-30-20-21-31(23-32(30)33)29-18-16-26(17-19-29)11-10-25-12-14-27(15-13-25)22-24(2)28-8-5-4-6-9-28/h4-6,8-9,12-21,23-24H,3,7,10-11,22H2,1-2H3/t24-/m0/s1. The molecule has 1 heteroatoms. The molecule has 0 aliphatic rings. The van der Waals surface area contributed by atoms with E-state index in [9.17, 15) is 4.39 Å². The average molecular weight is 437 g/mol. The van der Waals surface area contributed by atoms with Crippen LogP contribution in [0.1, 0.15) is 54.0 Å². The zero-order chi connectivity index (χ0) is 23.0. The van der Waals surface area contributed by atoms with E-state index in [1.54, 1.807) is 6.07 Å². The predicted molar refractivity (Wildman–Crippen MR) is 138 cm³/mol. The summed E-state index contributed by atoms with van der Waals surface area (Å²) in [5.41, 5.74) is 8.27. The molecule has 0 aliphatic carbocycles. The van der Waals surface area contributed by atoms with Crippen molar-refractivity contribution >= 4 is 0 Å². The van der Waals surface area contributed by atoms with E-state index in [-0.39, 0.29) is 5.82 Å². The van der Waals surface area contributed by atoms with Crippen LogP contribution in [0.3, 0.4) is 0 Å². The van der Waals surface area contributed by atoms with Crippen molar-refractivity contribution in [1.29, 1.82) is 0 Å². The Balaban J connectivity index is 1.32. The van der Waals surface area contributed by atoms with Crippen LogP contribution in [0.4, 0.5) is 4.39 Å². The number of halogens is 1. The van der Waals surface area contributed by atoms with Crippen LogP contribution >= 0.6 is 0 Å². The van der Waals surface area contributed by atoms with Crippen LogP contribution in [-0.2, 0) is 25.7 Å². The zero-order valence-corrected chi connectivity index (χ0v) is 19.7. The van der Waals surface area contributed by atoms with Crippen molar-refractivity contribution in [2.45, 2.75) is 51.9 Å². The maximum Gasteiger partial charge on any atom is 0.127 e. The van der Waals surface area contributed by atoms with Crippen LogP contribution in [0.25, 0.3) is 11.1 Å². The van der Waals surface area contributed by atoms with Crippen LogP contribution in [0.15, 0.2) is 97.1 Å². The molecule has 0 spiro atoms. The number of benzene rings is 4. The molecule has 4 aromatic carbocycles. The summed E-state index contributed by atoms with van der Waals surface area (Å²) in [4.78, 5) is 0. The second kappa shape index (κ2) is 11.1. The van der Waals surface area contributed by atoms with E-state index in [2.05, 4.69) is 92.7 Å². The van der Waals surface area contributed by atoms with Gasteiger partial charge in [-0.2, -0.15) is 0 Å². The highest BCUT2D eigenvalue weighted by molar-refractivity contribution is 5.64.